The van der Waals surface area contributed by atoms with Crippen molar-refractivity contribution in [3.63, 3.8) is 0 Å². The van der Waals surface area contributed by atoms with E-state index in [4.69, 9.17) is 0 Å². The lowest BCUT2D eigenvalue weighted by atomic mass is 10.3. The molecule has 3 aromatic rings. The summed E-state index contributed by atoms with van der Waals surface area (Å²) in [6.45, 7) is 0. The molecule has 3 rings (SSSR count). The van der Waals surface area contributed by atoms with Gasteiger partial charge in [-0.2, -0.15) is 0 Å². The molecular formula is C15H14N4. The summed E-state index contributed by atoms with van der Waals surface area (Å²) in [5.74, 6) is 0. The Hall–Kier alpha value is -2.75. The van der Waals surface area contributed by atoms with Crippen molar-refractivity contribution in [2.45, 2.75) is 0 Å². The Morgan fingerprint density at radius 2 is 1.05 bits per heavy atom. The molecule has 0 bridgehead atoms. The molecule has 1 heterocycles. The van der Waals surface area contributed by atoms with Gasteiger partial charge in [0, 0.05) is 11.4 Å². The van der Waals surface area contributed by atoms with Crippen LogP contribution in [0, 0.1) is 0 Å². The van der Waals surface area contributed by atoms with E-state index in [0.29, 0.717) is 0 Å². The lowest BCUT2D eigenvalue weighted by molar-refractivity contribution is 0.865. The smallest absolute Gasteiger partial charge is 0.0529 e. The molecule has 0 saturated heterocycles. The van der Waals surface area contributed by atoms with Crippen LogP contribution in [0.4, 0.5) is 11.4 Å². The van der Waals surface area contributed by atoms with Gasteiger partial charge in [0.1, 0.15) is 0 Å². The molecule has 1 N–H and O–H groups in total. The zero-order valence-corrected chi connectivity index (χ0v) is 10.3. The Morgan fingerprint density at radius 3 is 1.37 bits per heavy atom. The van der Waals surface area contributed by atoms with Crippen LogP contribution < -0.4 is 5.32 Å². The fourth-order valence-corrected chi connectivity index (χ4v) is 1.41. The van der Waals surface area contributed by atoms with Crippen LogP contribution in [0.5, 0.6) is 0 Å². The number of nitrogens with one attached hydrogen (secondary N) is 1. The largest absolute Gasteiger partial charge is 0.356 e. The summed E-state index contributed by atoms with van der Waals surface area (Å²) >= 11 is 0. The first-order valence-corrected chi connectivity index (χ1v) is 5.90. The maximum atomic E-state index is 3.42. The van der Waals surface area contributed by atoms with E-state index in [1.165, 1.54) is 0 Å². The van der Waals surface area contributed by atoms with E-state index < -0.39 is 0 Å². The van der Waals surface area contributed by atoms with E-state index in [0.717, 1.165) is 11.4 Å². The number of hydrogen-bond acceptors (Lipinski definition) is 4. The fraction of sp³-hybridized carbons (Fsp3) is 0. The van der Waals surface area contributed by atoms with Crippen LogP contribution in [0.1, 0.15) is 0 Å². The summed E-state index contributed by atoms with van der Waals surface area (Å²) in [5, 5.41) is 13.4. The zero-order valence-electron chi connectivity index (χ0n) is 10.3. The molecular weight excluding hydrogens is 236 g/mol. The van der Waals surface area contributed by atoms with Gasteiger partial charge in [0.25, 0.3) is 0 Å². The Bertz CT molecular complexity index is 491. The van der Waals surface area contributed by atoms with Crippen molar-refractivity contribution in [2.24, 2.45) is 0 Å². The number of rotatable bonds is 2. The molecule has 0 unspecified atom stereocenters. The van der Waals surface area contributed by atoms with Gasteiger partial charge in [-0.3, -0.25) is 0 Å². The lowest BCUT2D eigenvalue weighted by Gasteiger charge is -2.04. The van der Waals surface area contributed by atoms with Crippen molar-refractivity contribution in [1.82, 2.24) is 15.4 Å². The Balaban J connectivity index is 0.000000186. The molecule has 94 valence electrons. The molecule has 0 aliphatic rings. The molecule has 0 aliphatic carbocycles. The normalized spacial score (nSPS) is 9.05. The Kier molecular flexibility index (Phi) is 5.05. The van der Waals surface area contributed by atoms with Crippen molar-refractivity contribution in [3.05, 3.63) is 79.1 Å². The number of para-hydroxylation sites is 2. The number of benzene rings is 2. The monoisotopic (exact) mass is 250 g/mol. The summed E-state index contributed by atoms with van der Waals surface area (Å²) in [5.41, 5.74) is 2.24. The van der Waals surface area contributed by atoms with Crippen LogP contribution >= 0.6 is 0 Å². The highest BCUT2D eigenvalue weighted by Crippen LogP contribution is 2.14. The highest BCUT2D eigenvalue weighted by molar-refractivity contribution is 5.58. The molecule has 0 saturated carbocycles. The van der Waals surface area contributed by atoms with Crippen molar-refractivity contribution < 1.29 is 0 Å². The zero-order chi connectivity index (χ0) is 13.2. The van der Waals surface area contributed by atoms with E-state index in [-0.39, 0.29) is 0 Å². The first-order valence-electron chi connectivity index (χ1n) is 5.90. The molecule has 0 aliphatic heterocycles. The van der Waals surface area contributed by atoms with E-state index in [9.17, 15) is 0 Å². The third-order valence-electron chi connectivity index (χ3n) is 2.24. The van der Waals surface area contributed by atoms with Crippen LogP contribution in [-0.2, 0) is 0 Å². The minimum atomic E-state index is 1.12. The van der Waals surface area contributed by atoms with E-state index >= 15 is 0 Å². The Morgan fingerprint density at radius 1 is 0.579 bits per heavy atom. The third-order valence-corrected chi connectivity index (χ3v) is 2.24. The summed E-state index contributed by atoms with van der Waals surface area (Å²) in [6, 6.07) is 22.0. The number of nitrogens with zero attached hydrogens (tertiary/aromatic N) is 3. The molecule has 0 amide bonds. The summed E-state index contributed by atoms with van der Waals surface area (Å²) < 4.78 is 0. The van der Waals surface area contributed by atoms with E-state index in [1.54, 1.807) is 18.5 Å². The van der Waals surface area contributed by atoms with Gasteiger partial charge in [0.05, 0.1) is 12.4 Å². The van der Waals surface area contributed by atoms with Gasteiger partial charge in [0.15, 0.2) is 0 Å². The van der Waals surface area contributed by atoms with Crippen molar-refractivity contribution in [1.29, 1.82) is 0 Å². The molecule has 0 spiro atoms. The van der Waals surface area contributed by atoms with E-state index in [1.807, 2.05) is 60.7 Å². The van der Waals surface area contributed by atoms with Gasteiger partial charge >= 0.3 is 0 Å². The highest BCUT2D eigenvalue weighted by atomic mass is 15.3. The van der Waals surface area contributed by atoms with Gasteiger partial charge in [-0.25, -0.2) is 0 Å². The van der Waals surface area contributed by atoms with Crippen LogP contribution in [0.2, 0.25) is 0 Å². The molecule has 1 aromatic heterocycles. The maximum absolute atomic E-state index is 3.42. The van der Waals surface area contributed by atoms with Crippen molar-refractivity contribution in [3.8, 4) is 0 Å². The minimum absolute atomic E-state index is 1.12. The summed E-state index contributed by atoms with van der Waals surface area (Å²) in [4.78, 5) is 0. The average molecular weight is 250 g/mol. The quantitative estimate of drug-likeness (QED) is 0.758. The average Bonchev–Trinajstić information content (AvgIpc) is 2.52. The molecule has 0 radical (unpaired) electrons. The highest BCUT2D eigenvalue weighted by Gasteiger charge is 1.89. The topological polar surface area (TPSA) is 50.7 Å². The first kappa shape index (κ1) is 12.7. The maximum Gasteiger partial charge on any atom is 0.0529 e. The van der Waals surface area contributed by atoms with Gasteiger partial charge in [-0.15, -0.1) is 10.2 Å². The second-order valence-electron chi connectivity index (χ2n) is 3.67. The lowest BCUT2D eigenvalue weighted by Crippen LogP contribution is -1.87. The second-order valence-corrected chi connectivity index (χ2v) is 3.67. The van der Waals surface area contributed by atoms with Crippen LogP contribution in [0.15, 0.2) is 79.1 Å². The van der Waals surface area contributed by atoms with Gasteiger partial charge in [-0.05, 0) is 35.5 Å². The van der Waals surface area contributed by atoms with Crippen LogP contribution in [-0.4, -0.2) is 15.4 Å². The number of aromatic nitrogens is 3. The summed E-state index contributed by atoms with van der Waals surface area (Å²) in [6.07, 6.45) is 3.15. The predicted octanol–water partition coefficient (Wildman–Crippen LogP) is 3.30. The van der Waals surface area contributed by atoms with Crippen LogP contribution in [0.3, 0.4) is 0 Å². The van der Waals surface area contributed by atoms with Crippen molar-refractivity contribution >= 4 is 11.4 Å². The summed E-state index contributed by atoms with van der Waals surface area (Å²) in [7, 11) is 0. The van der Waals surface area contributed by atoms with Crippen LogP contribution in [0.25, 0.3) is 0 Å². The van der Waals surface area contributed by atoms with Gasteiger partial charge in [-0.1, -0.05) is 36.4 Å². The first-order chi connectivity index (χ1) is 9.45. The van der Waals surface area contributed by atoms with Gasteiger partial charge in [0.2, 0.25) is 0 Å². The molecule has 19 heavy (non-hydrogen) atoms. The number of anilines is 2. The predicted molar refractivity (Wildman–Crippen MR) is 76.0 cm³/mol. The molecule has 0 atom stereocenters. The minimum Gasteiger partial charge on any atom is -0.356 e. The van der Waals surface area contributed by atoms with Crippen molar-refractivity contribution in [2.75, 3.05) is 5.32 Å². The SMILES string of the molecule is c1ccc(Nc2ccccc2)cc1.c1cnnnc1. The molecule has 0 fully saturated rings. The fourth-order valence-electron chi connectivity index (χ4n) is 1.41. The van der Waals surface area contributed by atoms with E-state index in [2.05, 4.69) is 20.7 Å². The Labute approximate surface area is 112 Å². The standard InChI is InChI=1S/C12H11N.C3H3N3/c1-3-7-11(8-4-1)13-12-9-5-2-6-10-12;1-2-4-6-5-3-1/h1-10,13H;1-3H. The molecule has 4 nitrogen and oxygen atoms in total. The number of hydrogen-bond donors (Lipinski definition) is 1. The molecule has 2 aromatic carbocycles. The molecule has 4 heteroatoms. The third kappa shape index (κ3) is 4.95. The second kappa shape index (κ2) is 7.55. The van der Waals surface area contributed by atoms with Gasteiger partial charge < -0.3 is 5.32 Å².